The molecule has 2 aliphatic heterocycles. The van der Waals surface area contributed by atoms with Crippen LogP contribution in [0, 0.1) is 5.92 Å². The molecule has 3 heteroatoms. The molecule has 1 fully saturated rings. The molecule has 116 valence electrons. The Morgan fingerprint density at radius 2 is 1.90 bits per heavy atom. The third kappa shape index (κ3) is 2.75. The van der Waals surface area contributed by atoms with Crippen LogP contribution in [0.4, 0.5) is 0 Å². The molecule has 0 bridgehead atoms. The lowest BCUT2D eigenvalue weighted by Crippen LogP contribution is -2.41. The van der Waals surface area contributed by atoms with E-state index in [0.29, 0.717) is 6.61 Å². The standard InChI is InChI=1S/C18H26O3/c1-17(2)11-14(18(3,4)21-17)15(19)16-13-8-6-5-7-12(13)9-10-20-16/h5-8,14-16,19H,9-11H2,1-4H3. The minimum atomic E-state index is -0.539. The second-order valence-electron chi connectivity index (χ2n) is 7.51. The first kappa shape index (κ1) is 15.0. The molecule has 0 spiro atoms. The summed E-state index contributed by atoms with van der Waals surface area (Å²) in [7, 11) is 0. The summed E-state index contributed by atoms with van der Waals surface area (Å²) in [6, 6.07) is 8.29. The third-order valence-corrected chi connectivity index (χ3v) is 4.90. The highest BCUT2D eigenvalue weighted by molar-refractivity contribution is 5.32. The van der Waals surface area contributed by atoms with Crippen LogP contribution in [-0.2, 0) is 15.9 Å². The smallest absolute Gasteiger partial charge is 0.109 e. The Labute approximate surface area is 127 Å². The van der Waals surface area contributed by atoms with E-state index in [0.717, 1.165) is 18.4 Å². The molecule has 0 radical (unpaired) electrons. The fraction of sp³-hybridized carbons (Fsp3) is 0.667. The van der Waals surface area contributed by atoms with Gasteiger partial charge in [-0.1, -0.05) is 24.3 Å². The summed E-state index contributed by atoms with van der Waals surface area (Å²) in [5, 5.41) is 11.0. The Hall–Kier alpha value is -0.900. The number of ether oxygens (including phenoxy) is 2. The first-order valence-corrected chi connectivity index (χ1v) is 7.88. The largest absolute Gasteiger partial charge is 0.390 e. The molecule has 1 saturated heterocycles. The van der Waals surface area contributed by atoms with Gasteiger partial charge in [0.05, 0.1) is 23.9 Å². The Morgan fingerprint density at radius 1 is 1.19 bits per heavy atom. The van der Waals surface area contributed by atoms with Gasteiger partial charge in [0.25, 0.3) is 0 Å². The molecule has 0 amide bonds. The number of aliphatic hydroxyl groups excluding tert-OH is 1. The highest BCUT2D eigenvalue weighted by atomic mass is 16.5. The molecule has 3 rings (SSSR count). The van der Waals surface area contributed by atoms with Crippen molar-refractivity contribution < 1.29 is 14.6 Å². The number of aliphatic hydroxyl groups is 1. The first-order valence-electron chi connectivity index (χ1n) is 7.88. The van der Waals surface area contributed by atoms with Crippen molar-refractivity contribution in [3.05, 3.63) is 35.4 Å². The van der Waals surface area contributed by atoms with Crippen molar-refractivity contribution in [3.63, 3.8) is 0 Å². The van der Waals surface area contributed by atoms with Gasteiger partial charge in [0.2, 0.25) is 0 Å². The third-order valence-electron chi connectivity index (χ3n) is 4.90. The number of benzene rings is 1. The fourth-order valence-corrected chi connectivity index (χ4v) is 4.06. The molecule has 3 atom stereocenters. The number of hydrogen-bond acceptors (Lipinski definition) is 3. The van der Waals surface area contributed by atoms with Crippen LogP contribution in [0.3, 0.4) is 0 Å². The SMILES string of the molecule is CC1(C)CC(C(O)C2OCCc3ccccc32)C(C)(C)O1. The second-order valence-corrected chi connectivity index (χ2v) is 7.51. The Balaban J connectivity index is 1.88. The van der Waals surface area contributed by atoms with Gasteiger partial charge in [-0.15, -0.1) is 0 Å². The molecule has 2 heterocycles. The molecule has 1 aromatic carbocycles. The summed E-state index contributed by atoms with van der Waals surface area (Å²) in [5.41, 5.74) is 1.91. The Bertz CT molecular complexity index is 521. The van der Waals surface area contributed by atoms with E-state index in [1.165, 1.54) is 5.56 Å². The number of hydrogen-bond donors (Lipinski definition) is 1. The second kappa shape index (κ2) is 5.08. The van der Waals surface area contributed by atoms with E-state index >= 15 is 0 Å². The topological polar surface area (TPSA) is 38.7 Å². The minimum absolute atomic E-state index is 0.0728. The van der Waals surface area contributed by atoms with Gasteiger partial charge in [0.1, 0.15) is 6.10 Å². The van der Waals surface area contributed by atoms with Crippen molar-refractivity contribution in [2.75, 3.05) is 6.61 Å². The van der Waals surface area contributed by atoms with Crippen LogP contribution >= 0.6 is 0 Å². The molecule has 0 aliphatic carbocycles. The van der Waals surface area contributed by atoms with Gasteiger partial charge < -0.3 is 14.6 Å². The van der Waals surface area contributed by atoms with Crippen molar-refractivity contribution in [1.29, 1.82) is 0 Å². The van der Waals surface area contributed by atoms with Crippen molar-refractivity contribution in [3.8, 4) is 0 Å². The summed E-state index contributed by atoms with van der Waals surface area (Å²) in [5.74, 6) is 0.0728. The van der Waals surface area contributed by atoms with Crippen molar-refractivity contribution >= 4 is 0 Å². The summed E-state index contributed by atoms with van der Waals surface area (Å²) in [6.07, 6.45) is 0.999. The summed E-state index contributed by atoms with van der Waals surface area (Å²) < 4.78 is 12.1. The zero-order valence-corrected chi connectivity index (χ0v) is 13.4. The van der Waals surface area contributed by atoms with Gasteiger partial charge >= 0.3 is 0 Å². The van der Waals surface area contributed by atoms with E-state index < -0.39 is 6.10 Å². The van der Waals surface area contributed by atoms with Gasteiger partial charge in [0, 0.05) is 5.92 Å². The van der Waals surface area contributed by atoms with Gasteiger partial charge in [-0.05, 0) is 51.7 Å². The maximum Gasteiger partial charge on any atom is 0.109 e. The lowest BCUT2D eigenvalue weighted by atomic mass is 9.78. The lowest BCUT2D eigenvalue weighted by molar-refractivity contribution is -0.118. The summed E-state index contributed by atoms with van der Waals surface area (Å²) in [4.78, 5) is 0. The van der Waals surface area contributed by atoms with Crippen LogP contribution < -0.4 is 0 Å². The first-order chi connectivity index (χ1) is 9.80. The molecular formula is C18H26O3. The highest BCUT2D eigenvalue weighted by Crippen LogP contribution is 2.47. The van der Waals surface area contributed by atoms with Crippen LogP contribution in [-0.4, -0.2) is 29.0 Å². The highest BCUT2D eigenvalue weighted by Gasteiger charge is 2.51. The van der Waals surface area contributed by atoms with Crippen molar-refractivity contribution in [1.82, 2.24) is 0 Å². The van der Waals surface area contributed by atoms with E-state index in [1.54, 1.807) is 0 Å². The monoisotopic (exact) mass is 290 g/mol. The average Bonchev–Trinajstić information content (AvgIpc) is 2.65. The maximum absolute atomic E-state index is 11.0. The van der Waals surface area contributed by atoms with Gasteiger partial charge in [-0.2, -0.15) is 0 Å². The maximum atomic E-state index is 11.0. The predicted molar refractivity (Wildman–Crippen MR) is 82.2 cm³/mol. The van der Waals surface area contributed by atoms with Gasteiger partial charge in [-0.3, -0.25) is 0 Å². The van der Waals surface area contributed by atoms with Crippen LogP contribution in [0.1, 0.15) is 51.3 Å². The van der Waals surface area contributed by atoms with Gasteiger partial charge in [0.15, 0.2) is 0 Å². The zero-order valence-electron chi connectivity index (χ0n) is 13.4. The van der Waals surface area contributed by atoms with E-state index in [4.69, 9.17) is 9.47 Å². The van der Waals surface area contributed by atoms with Crippen LogP contribution in [0.2, 0.25) is 0 Å². The molecule has 2 aliphatic rings. The van der Waals surface area contributed by atoms with E-state index in [9.17, 15) is 5.11 Å². The summed E-state index contributed by atoms with van der Waals surface area (Å²) in [6.45, 7) is 9.01. The van der Waals surface area contributed by atoms with E-state index in [2.05, 4.69) is 45.9 Å². The molecular weight excluding hydrogens is 264 g/mol. The predicted octanol–water partition coefficient (Wildman–Crippen LogP) is 3.26. The molecule has 0 saturated carbocycles. The van der Waals surface area contributed by atoms with E-state index in [-0.39, 0.29) is 23.2 Å². The molecule has 0 aromatic heterocycles. The molecule has 3 nitrogen and oxygen atoms in total. The fourth-order valence-electron chi connectivity index (χ4n) is 4.06. The van der Waals surface area contributed by atoms with Crippen LogP contribution in [0.5, 0.6) is 0 Å². The quantitative estimate of drug-likeness (QED) is 0.908. The van der Waals surface area contributed by atoms with Crippen LogP contribution in [0.15, 0.2) is 24.3 Å². The average molecular weight is 290 g/mol. The number of fused-ring (bicyclic) bond motifs is 1. The molecule has 21 heavy (non-hydrogen) atoms. The van der Waals surface area contributed by atoms with Gasteiger partial charge in [-0.25, -0.2) is 0 Å². The lowest BCUT2D eigenvalue weighted by Gasteiger charge is -2.36. The zero-order chi connectivity index (χ0) is 15.3. The Kier molecular flexibility index (Phi) is 3.63. The molecule has 1 N–H and O–H groups in total. The van der Waals surface area contributed by atoms with E-state index in [1.807, 2.05) is 6.07 Å². The minimum Gasteiger partial charge on any atom is -0.390 e. The van der Waals surface area contributed by atoms with Crippen molar-refractivity contribution in [2.45, 2.75) is 63.9 Å². The normalized spacial score (nSPS) is 31.7. The van der Waals surface area contributed by atoms with Crippen molar-refractivity contribution in [2.24, 2.45) is 5.92 Å². The van der Waals surface area contributed by atoms with Crippen LogP contribution in [0.25, 0.3) is 0 Å². The Morgan fingerprint density at radius 3 is 2.57 bits per heavy atom. The number of rotatable bonds is 2. The summed E-state index contributed by atoms with van der Waals surface area (Å²) >= 11 is 0. The molecule has 1 aromatic rings. The molecule has 3 unspecified atom stereocenters.